The van der Waals surface area contributed by atoms with Gasteiger partial charge >= 0.3 is 0 Å². The Kier molecular flexibility index (Phi) is 5.63. The number of ether oxygens (including phenoxy) is 1. The summed E-state index contributed by atoms with van der Waals surface area (Å²) in [7, 11) is 0. The third-order valence-corrected chi connectivity index (χ3v) is 5.07. The number of benzene rings is 2. The highest BCUT2D eigenvalue weighted by Gasteiger charge is 2.15. The van der Waals surface area contributed by atoms with Gasteiger partial charge in [-0.05, 0) is 83.7 Å². The number of rotatable bonds is 6. The van der Waals surface area contributed by atoms with Crippen LogP contribution in [0.25, 0.3) is 11.1 Å². The quantitative estimate of drug-likeness (QED) is 0.794. The van der Waals surface area contributed by atoms with Crippen LogP contribution >= 0.6 is 11.8 Å². The Bertz CT molecular complexity index is 667. The summed E-state index contributed by atoms with van der Waals surface area (Å²) >= 11 is 1.86. The summed E-state index contributed by atoms with van der Waals surface area (Å²) in [5.41, 5.74) is 6.30. The van der Waals surface area contributed by atoms with Crippen LogP contribution in [0.5, 0.6) is 5.75 Å². The van der Waals surface area contributed by atoms with Crippen molar-refractivity contribution in [1.29, 1.82) is 0 Å². The van der Waals surface area contributed by atoms with Gasteiger partial charge in [0.05, 0.1) is 13.2 Å². The van der Waals surface area contributed by atoms with Crippen LogP contribution in [-0.4, -0.2) is 23.7 Å². The minimum Gasteiger partial charge on any atom is -0.494 e. The number of hydrogen-bond acceptors (Lipinski definition) is 3. The summed E-state index contributed by atoms with van der Waals surface area (Å²) in [5.74, 6) is 2.12. The Morgan fingerprint density at radius 1 is 1.04 bits per heavy atom. The van der Waals surface area contributed by atoms with E-state index < -0.39 is 0 Å². The van der Waals surface area contributed by atoms with Crippen molar-refractivity contribution in [3.8, 4) is 16.9 Å². The van der Waals surface area contributed by atoms with E-state index >= 15 is 0 Å². The zero-order chi connectivity index (χ0) is 16.1. The summed E-state index contributed by atoms with van der Waals surface area (Å²) < 4.78 is 5.89. The van der Waals surface area contributed by atoms with Crippen LogP contribution in [0.3, 0.4) is 0 Å². The van der Waals surface area contributed by atoms with Gasteiger partial charge in [-0.2, -0.15) is 11.8 Å². The van der Waals surface area contributed by atoms with Gasteiger partial charge in [0.25, 0.3) is 0 Å². The molecule has 3 heteroatoms. The molecule has 0 bridgehead atoms. The Labute approximate surface area is 142 Å². The van der Waals surface area contributed by atoms with Crippen molar-refractivity contribution in [3.05, 3.63) is 53.1 Å². The largest absolute Gasteiger partial charge is 0.494 e. The molecule has 0 spiro atoms. The molecule has 0 saturated heterocycles. The lowest BCUT2D eigenvalue weighted by molar-refractivity contribution is 0.282. The van der Waals surface area contributed by atoms with Gasteiger partial charge in [0.15, 0.2) is 0 Å². The molecule has 0 fully saturated rings. The van der Waals surface area contributed by atoms with E-state index in [2.05, 4.69) is 36.6 Å². The van der Waals surface area contributed by atoms with E-state index in [-0.39, 0.29) is 6.61 Å². The predicted octanol–water partition coefficient (Wildman–Crippen LogP) is 4.47. The first kappa shape index (κ1) is 16.4. The van der Waals surface area contributed by atoms with Gasteiger partial charge < -0.3 is 9.84 Å². The maximum atomic E-state index is 9.42. The number of fused-ring (bicyclic) bond motifs is 3. The first-order valence-electron chi connectivity index (χ1n) is 8.29. The summed E-state index contributed by atoms with van der Waals surface area (Å²) in [5, 5.41) is 9.42. The number of hydrogen-bond donors (Lipinski definition) is 1. The predicted molar refractivity (Wildman–Crippen MR) is 98.3 cm³/mol. The van der Waals surface area contributed by atoms with Gasteiger partial charge in [-0.15, -0.1) is 0 Å². The highest BCUT2D eigenvalue weighted by atomic mass is 32.2. The van der Waals surface area contributed by atoms with Crippen LogP contribution in [0.4, 0.5) is 0 Å². The molecule has 0 radical (unpaired) electrons. The second kappa shape index (κ2) is 7.89. The van der Waals surface area contributed by atoms with E-state index in [0.29, 0.717) is 0 Å². The van der Waals surface area contributed by atoms with Crippen LogP contribution in [-0.2, 0) is 19.4 Å². The third kappa shape index (κ3) is 3.91. The van der Waals surface area contributed by atoms with Crippen molar-refractivity contribution in [2.75, 3.05) is 18.6 Å². The molecule has 3 rings (SSSR count). The van der Waals surface area contributed by atoms with Crippen molar-refractivity contribution in [2.24, 2.45) is 0 Å². The molecular formula is C20H24O2S. The summed E-state index contributed by atoms with van der Waals surface area (Å²) in [6.45, 7) is 0.879. The van der Waals surface area contributed by atoms with E-state index in [9.17, 15) is 5.11 Å². The molecule has 0 aliphatic heterocycles. The van der Waals surface area contributed by atoms with Crippen LogP contribution in [0.2, 0.25) is 0 Å². The standard InChI is InChI=1S/C20H24O2S/c1-23-11-3-10-22-18-8-9-19-17(13-18)5-2-4-16-7-6-15(14-21)12-20(16)19/h6-9,12-13,21H,2-5,10-11,14H2,1H3. The molecule has 1 aliphatic carbocycles. The first-order valence-corrected chi connectivity index (χ1v) is 9.69. The van der Waals surface area contributed by atoms with Crippen molar-refractivity contribution in [1.82, 2.24) is 0 Å². The summed E-state index contributed by atoms with van der Waals surface area (Å²) in [6, 6.07) is 12.8. The molecule has 2 aromatic carbocycles. The van der Waals surface area contributed by atoms with Gasteiger partial charge in [0.2, 0.25) is 0 Å². The molecule has 0 atom stereocenters. The van der Waals surface area contributed by atoms with Gasteiger partial charge in [0, 0.05) is 0 Å². The molecule has 0 amide bonds. The second-order valence-corrected chi connectivity index (χ2v) is 7.00. The molecule has 2 nitrogen and oxygen atoms in total. The number of aryl methyl sites for hydroxylation is 2. The minimum atomic E-state index is 0.0965. The lowest BCUT2D eigenvalue weighted by Gasteiger charge is -2.13. The fourth-order valence-electron chi connectivity index (χ4n) is 3.18. The van der Waals surface area contributed by atoms with E-state index in [1.807, 2.05) is 17.8 Å². The van der Waals surface area contributed by atoms with Crippen molar-refractivity contribution in [2.45, 2.75) is 32.3 Å². The first-order chi connectivity index (χ1) is 11.3. The van der Waals surface area contributed by atoms with Gasteiger partial charge in [-0.1, -0.05) is 18.2 Å². The van der Waals surface area contributed by atoms with Crippen molar-refractivity contribution < 1.29 is 9.84 Å². The molecule has 0 heterocycles. The maximum absolute atomic E-state index is 9.42. The molecule has 23 heavy (non-hydrogen) atoms. The van der Waals surface area contributed by atoms with Crippen molar-refractivity contribution >= 4 is 11.8 Å². The second-order valence-electron chi connectivity index (χ2n) is 6.02. The Morgan fingerprint density at radius 2 is 1.91 bits per heavy atom. The normalized spacial score (nSPS) is 13.1. The third-order valence-electron chi connectivity index (χ3n) is 4.38. The average molecular weight is 328 g/mol. The number of aliphatic hydroxyl groups is 1. The maximum Gasteiger partial charge on any atom is 0.119 e. The van der Waals surface area contributed by atoms with Crippen LogP contribution in [0.15, 0.2) is 36.4 Å². The SMILES string of the molecule is CSCCCOc1ccc2c(c1)CCCc1ccc(CO)cc1-2. The van der Waals surface area contributed by atoms with Crippen molar-refractivity contribution in [3.63, 3.8) is 0 Å². The topological polar surface area (TPSA) is 29.5 Å². The van der Waals surface area contributed by atoms with Gasteiger partial charge in [-0.3, -0.25) is 0 Å². The summed E-state index contributed by atoms with van der Waals surface area (Å²) in [6.07, 6.45) is 6.55. The summed E-state index contributed by atoms with van der Waals surface area (Å²) in [4.78, 5) is 0. The van der Waals surface area contributed by atoms with E-state index in [0.717, 1.165) is 49.4 Å². The highest BCUT2D eigenvalue weighted by Crippen LogP contribution is 2.35. The van der Waals surface area contributed by atoms with Gasteiger partial charge in [-0.25, -0.2) is 0 Å². The monoisotopic (exact) mass is 328 g/mol. The zero-order valence-electron chi connectivity index (χ0n) is 13.7. The average Bonchev–Trinajstić information content (AvgIpc) is 2.77. The Balaban J connectivity index is 1.86. The van der Waals surface area contributed by atoms with E-state index in [1.165, 1.54) is 22.3 Å². The fraction of sp³-hybridized carbons (Fsp3) is 0.400. The highest BCUT2D eigenvalue weighted by molar-refractivity contribution is 7.98. The van der Waals surface area contributed by atoms with Crippen LogP contribution in [0.1, 0.15) is 29.5 Å². The molecule has 1 aliphatic rings. The van der Waals surface area contributed by atoms with Crippen LogP contribution < -0.4 is 4.74 Å². The van der Waals surface area contributed by atoms with E-state index in [1.54, 1.807) is 0 Å². The van der Waals surface area contributed by atoms with Gasteiger partial charge in [0.1, 0.15) is 5.75 Å². The fourth-order valence-corrected chi connectivity index (χ4v) is 3.59. The zero-order valence-corrected chi connectivity index (χ0v) is 14.5. The lowest BCUT2D eigenvalue weighted by Crippen LogP contribution is -1.99. The molecule has 122 valence electrons. The number of thioether (sulfide) groups is 1. The molecular weight excluding hydrogens is 304 g/mol. The Hall–Kier alpha value is -1.45. The molecule has 0 unspecified atom stereocenters. The minimum absolute atomic E-state index is 0.0965. The van der Waals surface area contributed by atoms with Crippen LogP contribution in [0, 0.1) is 0 Å². The molecule has 2 aromatic rings. The smallest absolute Gasteiger partial charge is 0.119 e. The lowest BCUT2D eigenvalue weighted by atomic mass is 9.95. The van der Waals surface area contributed by atoms with E-state index in [4.69, 9.17) is 4.74 Å². The molecule has 0 saturated carbocycles. The number of aliphatic hydroxyl groups excluding tert-OH is 1. The molecule has 1 N–H and O–H groups in total. The Morgan fingerprint density at radius 3 is 2.74 bits per heavy atom. The molecule has 0 aromatic heterocycles.